The highest BCUT2D eigenvalue weighted by Crippen LogP contribution is 2.28. The third-order valence-corrected chi connectivity index (χ3v) is 4.98. The first-order chi connectivity index (χ1) is 9.74. The smallest absolute Gasteiger partial charge is 0.225 e. The average Bonchev–Trinajstić information content (AvgIpc) is 3.31. The summed E-state index contributed by atoms with van der Waals surface area (Å²) in [6, 6.07) is 0.423. The van der Waals surface area contributed by atoms with Crippen molar-refractivity contribution in [1.82, 2.24) is 10.2 Å². The van der Waals surface area contributed by atoms with Gasteiger partial charge in [0.1, 0.15) is 0 Å². The van der Waals surface area contributed by atoms with Crippen molar-refractivity contribution in [1.29, 1.82) is 0 Å². The maximum atomic E-state index is 12.6. The van der Waals surface area contributed by atoms with Crippen LogP contribution in [0.2, 0.25) is 0 Å². The van der Waals surface area contributed by atoms with Crippen molar-refractivity contribution in [2.45, 2.75) is 63.8 Å². The zero-order valence-corrected chi connectivity index (χ0v) is 12.3. The summed E-state index contributed by atoms with van der Waals surface area (Å²) in [4.78, 5) is 26.7. The van der Waals surface area contributed by atoms with Crippen molar-refractivity contribution >= 4 is 11.8 Å². The van der Waals surface area contributed by atoms with Crippen molar-refractivity contribution in [3.8, 4) is 0 Å². The molecule has 3 rings (SSSR count). The Morgan fingerprint density at radius 1 is 0.850 bits per heavy atom. The average molecular weight is 278 g/mol. The zero-order chi connectivity index (χ0) is 13.9. The van der Waals surface area contributed by atoms with Crippen LogP contribution in [0.3, 0.4) is 0 Å². The lowest BCUT2D eigenvalue weighted by Gasteiger charge is -2.35. The second-order valence-corrected chi connectivity index (χ2v) is 6.74. The van der Waals surface area contributed by atoms with Crippen LogP contribution in [0.4, 0.5) is 0 Å². The number of nitrogens with zero attached hydrogens (tertiary/aromatic N) is 1. The molecular weight excluding hydrogens is 252 g/mol. The SMILES string of the molecule is O=C(NC1CC1)C1CCCN(C(=O)C2CCCCC2)C1. The molecule has 2 amide bonds. The molecule has 0 radical (unpaired) electrons. The van der Waals surface area contributed by atoms with E-state index in [9.17, 15) is 9.59 Å². The van der Waals surface area contributed by atoms with Crippen LogP contribution in [0, 0.1) is 11.8 Å². The van der Waals surface area contributed by atoms with Gasteiger partial charge in [-0.1, -0.05) is 19.3 Å². The summed E-state index contributed by atoms with van der Waals surface area (Å²) in [5.41, 5.74) is 0. The summed E-state index contributed by atoms with van der Waals surface area (Å²) in [5.74, 6) is 0.744. The standard InChI is InChI=1S/C16H26N2O2/c19-15(17-14-8-9-14)13-7-4-10-18(11-13)16(20)12-5-2-1-3-6-12/h12-14H,1-11H2,(H,17,19). The van der Waals surface area contributed by atoms with E-state index in [2.05, 4.69) is 5.32 Å². The molecule has 0 aromatic carbocycles. The maximum Gasteiger partial charge on any atom is 0.225 e. The van der Waals surface area contributed by atoms with Gasteiger partial charge < -0.3 is 10.2 Å². The molecule has 2 saturated carbocycles. The van der Waals surface area contributed by atoms with Gasteiger partial charge in [0.15, 0.2) is 0 Å². The first-order valence-corrected chi connectivity index (χ1v) is 8.33. The lowest BCUT2D eigenvalue weighted by molar-refractivity contribution is -0.140. The first-order valence-electron chi connectivity index (χ1n) is 8.33. The van der Waals surface area contributed by atoms with Gasteiger partial charge in [0.05, 0.1) is 5.92 Å². The van der Waals surface area contributed by atoms with E-state index in [1.807, 2.05) is 4.90 Å². The minimum Gasteiger partial charge on any atom is -0.353 e. The van der Waals surface area contributed by atoms with Crippen molar-refractivity contribution < 1.29 is 9.59 Å². The van der Waals surface area contributed by atoms with Crippen molar-refractivity contribution in [3.05, 3.63) is 0 Å². The molecule has 3 fully saturated rings. The largest absolute Gasteiger partial charge is 0.353 e. The summed E-state index contributed by atoms with van der Waals surface area (Å²) in [6.45, 7) is 1.50. The van der Waals surface area contributed by atoms with Crippen molar-refractivity contribution in [2.24, 2.45) is 11.8 Å². The molecule has 4 heteroatoms. The maximum absolute atomic E-state index is 12.6. The van der Waals surface area contributed by atoms with Gasteiger partial charge in [-0.05, 0) is 38.5 Å². The Morgan fingerprint density at radius 3 is 2.25 bits per heavy atom. The summed E-state index contributed by atoms with van der Waals surface area (Å²) < 4.78 is 0. The predicted molar refractivity (Wildman–Crippen MR) is 77.0 cm³/mol. The first kappa shape index (κ1) is 13.9. The topological polar surface area (TPSA) is 49.4 Å². The van der Waals surface area contributed by atoms with Crippen LogP contribution in [0.5, 0.6) is 0 Å². The predicted octanol–water partition coefficient (Wildman–Crippen LogP) is 2.08. The van der Waals surface area contributed by atoms with Crippen LogP contribution in [0.1, 0.15) is 57.8 Å². The molecule has 1 N–H and O–H groups in total. The van der Waals surface area contributed by atoms with E-state index in [1.54, 1.807) is 0 Å². The van der Waals surface area contributed by atoms with E-state index in [4.69, 9.17) is 0 Å². The Bertz CT molecular complexity index is 373. The van der Waals surface area contributed by atoms with Crippen LogP contribution < -0.4 is 5.32 Å². The molecule has 1 heterocycles. The van der Waals surface area contributed by atoms with Gasteiger partial charge >= 0.3 is 0 Å². The lowest BCUT2D eigenvalue weighted by atomic mass is 9.87. The molecule has 1 aliphatic heterocycles. The van der Waals surface area contributed by atoms with Crippen LogP contribution in [-0.4, -0.2) is 35.8 Å². The lowest BCUT2D eigenvalue weighted by Crippen LogP contribution is -2.47. The zero-order valence-electron chi connectivity index (χ0n) is 12.3. The number of piperidine rings is 1. The number of hydrogen-bond acceptors (Lipinski definition) is 2. The fourth-order valence-electron chi connectivity index (χ4n) is 3.55. The Hall–Kier alpha value is -1.06. The van der Waals surface area contributed by atoms with Gasteiger partial charge in [0.25, 0.3) is 0 Å². The number of carbonyl (C=O) groups excluding carboxylic acids is 2. The minimum absolute atomic E-state index is 0.0249. The van der Waals surface area contributed by atoms with E-state index in [1.165, 1.54) is 19.3 Å². The van der Waals surface area contributed by atoms with Gasteiger partial charge in [0, 0.05) is 25.0 Å². The Labute approximate surface area is 121 Å². The summed E-state index contributed by atoms with van der Waals surface area (Å²) in [6.07, 6.45) is 9.92. The fraction of sp³-hybridized carbons (Fsp3) is 0.875. The molecule has 0 spiro atoms. The molecule has 1 unspecified atom stereocenters. The second-order valence-electron chi connectivity index (χ2n) is 6.74. The highest BCUT2D eigenvalue weighted by atomic mass is 16.2. The quantitative estimate of drug-likeness (QED) is 0.859. The number of amides is 2. The van der Waals surface area contributed by atoms with Gasteiger partial charge in [-0.2, -0.15) is 0 Å². The van der Waals surface area contributed by atoms with Gasteiger partial charge in [-0.15, -0.1) is 0 Å². The van der Waals surface area contributed by atoms with Gasteiger partial charge in [-0.25, -0.2) is 0 Å². The van der Waals surface area contributed by atoms with Crippen molar-refractivity contribution in [2.75, 3.05) is 13.1 Å². The highest BCUT2D eigenvalue weighted by Gasteiger charge is 2.34. The van der Waals surface area contributed by atoms with E-state index in [0.29, 0.717) is 18.5 Å². The summed E-state index contributed by atoms with van der Waals surface area (Å²) >= 11 is 0. The van der Waals surface area contributed by atoms with Crippen LogP contribution >= 0.6 is 0 Å². The van der Waals surface area contributed by atoms with E-state index >= 15 is 0 Å². The fourth-order valence-corrected chi connectivity index (χ4v) is 3.55. The Balaban J connectivity index is 1.53. The Kier molecular flexibility index (Phi) is 4.27. The summed E-state index contributed by atoms with van der Waals surface area (Å²) in [5, 5.41) is 3.09. The molecule has 0 aromatic rings. The third-order valence-electron chi connectivity index (χ3n) is 4.98. The molecule has 0 bridgehead atoms. The molecule has 112 valence electrons. The molecule has 2 aliphatic carbocycles. The van der Waals surface area contributed by atoms with Gasteiger partial charge in [-0.3, -0.25) is 9.59 Å². The van der Waals surface area contributed by atoms with E-state index in [-0.39, 0.29) is 17.7 Å². The molecule has 1 saturated heterocycles. The molecule has 0 aromatic heterocycles. The van der Waals surface area contributed by atoms with Gasteiger partial charge in [0.2, 0.25) is 11.8 Å². The molecule has 3 aliphatic rings. The van der Waals surface area contributed by atoms with Crippen LogP contribution in [0.25, 0.3) is 0 Å². The number of carbonyl (C=O) groups is 2. The number of nitrogens with one attached hydrogen (secondary N) is 1. The van der Waals surface area contributed by atoms with E-state index < -0.39 is 0 Å². The number of likely N-dealkylation sites (tertiary alicyclic amines) is 1. The monoisotopic (exact) mass is 278 g/mol. The Morgan fingerprint density at radius 2 is 1.55 bits per heavy atom. The number of rotatable bonds is 3. The molecule has 4 nitrogen and oxygen atoms in total. The molecular formula is C16H26N2O2. The number of hydrogen-bond donors (Lipinski definition) is 1. The van der Waals surface area contributed by atoms with Crippen LogP contribution in [0.15, 0.2) is 0 Å². The second kappa shape index (κ2) is 6.15. The summed E-state index contributed by atoms with van der Waals surface area (Å²) in [7, 11) is 0. The van der Waals surface area contributed by atoms with E-state index in [0.717, 1.165) is 45.1 Å². The molecule has 20 heavy (non-hydrogen) atoms. The van der Waals surface area contributed by atoms with Crippen LogP contribution in [-0.2, 0) is 9.59 Å². The normalized spacial score (nSPS) is 28.2. The highest BCUT2D eigenvalue weighted by molar-refractivity contribution is 5.82. The van der Waals surface area contributed by atoms with Crippen molar-refractivity contribution in [3.63, 3.8) is 0 Å². The minimum atomic E-state index is 0.0249. The third kappa shape index (κ3) is 3.33. The molecule has 1 atom stereocenters.